The lowest BCUT2D eigenvalue weighted by molar-refractivity contribution is -0.116. The smallest absolute Gasteiger partial charge is 0.226 e. The Hall–Kier alpha value is -2.56. The molecule has 1 aromatic heterocycles. The number of nitrogens with zero attached hydrogens (tertiary/aromatic N) is 2. The third-order valence-corrected chi connectivity index (χ3v) is 5.32. The van der Waals surface area contributed by atoms with E-state index >= 15 is 0 Å². The SMILES string of the molecule is COc1cc2c(cc1OC)CN(CCC(=O)Nc1sccc1C#N)CC2. The summed E-state index contributed by atoms with van der Waals surface area (Å²) in [5.74, 6) is 1.41. The van der Waals surface area contributed by atoms with Crippen LogP contribution in [0, 0.1) is 11.3 Å². The summed E-state index contributed by atoms with van der Waals surface area (Å²) in [6.07, 6.45) is 1.31. The lowest BCUT2D eigenvalue weighted by Crippen LogP contribution is -2.33. The molecule has 0 unspecified atom stereocenters. The number of rotatable bonds is 6. The van der Waals surface area contributed by atoms with Gasteiger partial charge in [0.15, 0.2) is 11.5 Å². The van der Waals surface area contributed by atoms with E-state index in [0.29, 0.717) is 23.5 Å². The number of ether oxygens (including phenoxy) is 2. The number of benzene rings is 1. The molecule has 0 atom stereocenters. The van der Waals surface area contributed by atoms with E-state index in [1.54, 1.807) is 25.7 Å². The minimum Gasteiger partial charge on any atom is -0.493 e. The van der Waals surface area contributed by atoms with Crippen LogP contribution in [0.5, 0.6) is 11.5 Å². The molecule has 0 aliphatic carbocycles. The molecule has 0 saturated carbocycles. The van der Waals surface area contributed by atoms with Gasteiger partial charge in [0.2, 0.25) is 5.91 Å². The number of thiophene rings is 1. The quantitative estimate of drug-likeness (QED) is 0.845. The standard InChI is InChI=1S/C19H21N3O3S/c1-24-16-9-13-3-6-22(12-15(13)10-17(16)25-2)7-4-18(23)21-19-14(11-20)5-8-26-19/h5,8-10H,3-4,6-7,12H2,1-2H3,(H,21,23). The minimum absolute atomic E-state index is 0.0675. The zero-order chi connectivity index (χ0) is 18.5. The highest BCUT2D eigenvalue weighted by atomic mass is 32.1. The molecule has 1 aliphatic rings. The number of hydrogen-bond acceptors (Lipinski definition) is 6. The lowest BCUT2D eigenvalue weighted by Gasteiger charge is -2.29. The fourth-order valence-electron chi connectivity index (χ4n) is 3.08. The van der Waals surface area contributed by atoms with Crippen LogP contribution in [0.4, 0.5) is 5.00 Å². The van der Waals surface area contributed by atoms with Crippen LogP contribution < -0.4 is 14.8 Å². The van der Waals surface area contributed by atoms with Crippen LogP contribution in [0.1, 0.15) is 23.1 Å². The van der Waals surface area contributed by atoms with Crippen LogP contribution in [-0.4, -0.2) is 38.1 Å². The van der Waals surface area contributed by atoms with Crippen molar-refractivity contribution in [2.45, 2.75) is 19.4 Å². The molecule has 26 heavy (non-hydrogen) atoms. The number of hydrogen-bond donors (Lipinski definition) is 1. The Kier molecular flexibility index (Phi) is 5.76. The normalized spacial score (nSPS) is 13.6. The summed E-state index contributed by atoms with van der Waals surface area (Å²) in [5, 5.41) is 14.3. The molecular weight excluding hydrogens is 350 g/mol. The Labute approximate surface area is 156 Å². The second-order valence-electron chi connectivity index (χ2n) is 6.08. The van der Waals surface area contributed by atoms with Gasteiger partial charge in [-0.15, -0.1) is 11.3 Å². The number of fused-ring (bicyclic) bond motifs is 1. The van der Waals surface area contributed by atoms with Gasteiger partial charge in [-0.05, 0) is 41.1 Å². The maximum Gasteiger partial charge on any atom is 0.226 e. The first-order valence-corrected chi connectivity index (χ1v) is 9.26. The van der Waals surface area contributed by atoms with Crippen molar-refractivity contribution < 1.29 is 14.3 Å². The summed E-state index contributed by atoms with van der Waals surface area (Å²) in [4.78, 5) is 14.4. The molecule has 0 spiro atoms. The van der Waals surface area contributed by atoms with Gasteiger partial charge in [0.05, 0.1) is 19.8 Å². The highest BCUT2D eigenvalue weighted by Crippen LogP contribution is 2.33. The molecule has 0 bridgehead atoms. The van der Waals surface area contributed by atoms with Crippen molar-refractivity contribution in [2.75, 3.05) is 32.6 Å². The molecule has 7 heteroatoms. The molecule has 0 radical (unpaired) electrons. The second kappa shape index (κ2) is 8.21. The van der Waals surface area contributed by atoms with Crippen molar-refractivity contribution in [2.24, 2.45) is 0 Å². The fraction of sp³-hybridized carbons (Fsp3) is 0.368. The predicted molar refractivity (Wildman–Crippen MR) is 101 cm³/mol. The number of amides is 1. The summed E-state index contributed by atoms with van der Waals surface area (Å²) in [5.41, 5.74) is 2.98. The molecule has 1 aromatic carbocycles. The van der Waals surface area contributed by atoms with Gasteiger partial charge in [-0.25, -0.2) is 0 Å². The topological polar surface area (TPSA) is 74.6 Å². The third-order valence-electron chi connectivity index (χ3n) is 4.49. The highest BCUT2D eigenvalue weighted by Gasteiger charge is 2.20. The minimum atomic E-state index is -0.0675. The molecule has 2 aromatic rings. The fourth-order valence-corrected chi connectivity index (χ4v) is 3.83. The van der Waals surface area contributed by atoms with E-state index in [0.717, 1.165) is 31.0 Å². The summed E-state index contributed by atoms with van der Waals surface area (Å²) in [6, 6.07) is 7.85. The first-order chi connectivity index (χ1) is 12.6. The summed E-state index contributed by atoms with van der Waals surface area (Å²) >= 11 is 1.37. The zero-order valence-electron chi connectivity index (χ0n) is 14.9. The number of anilines is 1. The Morgan fingerprint density at radius 1 is 1.31 bits per heavy atom. The molecule has 2 heterocycles. The van der Waals surface area contributed by atoms with Crippen LogP contribution in [0.25, 0.3) is 0 Å². The van der Waals surface area contributed by atoms with Crippen LogP contribution in [0.2, 0.25) is 0 Å². The van der Waals surface area contributed by atoms with Gasteiger partial charge < -0.3 is 14.8 Å². The van der Waals surface area contributed by atoms with Crippen molar-refractivity contribution in [3.63, 3.8) is 0 Å². The molecule has 6 nitrogen and oxygen atoms in total. The van der Waals surface area contributed by atoms with Gasteiger partial charge >= 0.3 is 0 Å². The van der Waals surface area contributed by atoms with Crippen LogP contribution in [0.3, 0.4) is 0 Å². The van der Waals surface area contributed by atoms with E-state index < -0.39 is 0 Å². The van der Waals surface area contributed by atoms with Crippen LogP contribution >= 0.6 is 11.3 Å². The van der Waals surface area contributed by atoms with Crippen LogP contribution in [-0.2, 0) is 17.8 Å². The first-order valence-electron chi connectivity index (χ1n) is 8.38. The van der Waals surface area contributed by atoms with Gasteiger partial charge in [-0.3, -0.25) is 9.69 Å². The third kappa shape index (κ3) is 3.98. The van der Waals surface area contributed by atoms with Crippen molar-refractivity contribution >= 4 is 22.2 Å². The van der Waals surface area contributed by atoms with Gasteiger partial charge in [-0.1, -0.05) is 0 Å². The van der Waals surface area contributed by atoms with Gasteiger partial charge in [0.25, 0.3) is 0 Å². The van der Waals surface area contributed by atoms with Crippen LogP contribution in [0.15, 0.2) is 23.6 Å². The lowest BCUT2D eigenvalue weighted by atomic mass is 9.98. The average molecular weight is 371 g/mol. The zero-order valence-corrected chi connectivity index (χ0v) is 15.7. The number of carbonyl (C=O) groups is 1. The maximum absolute atomic E-state index is 12.2. The number of carbonyl (C=O) groups excluding carboxylic acids is 1. The monoisotopic (exact) mass is 371 g/mol. The van der Waals surface area contributed by atoms with E-state index in [4.69, 9.17) is 14.7 Å². The summed E-state index contributed by atoms with van der Waals surface area (Å²) in [6.45, 7) is 2.36. The number of methoxy groups -OCH3 is 2. The van der Waals surface area contributed by atoms with Crippen molar-refractivity contribution in [1.29, 1.82) is 5.26 Å². The molecule has 3 rings (SSSR count). The molecule has 1 N–H and O–H groups in total. The van der Waals surface area contributed by atoms with Gasteiger partial charge in [0.1, 0.15) is 11.1 Å². The molecule has 1 aliphatic heterocycles. The Bertz CT molecular complexity index is 841. The molecule has 0 saturated heterocycles. The average Bonchev–Trinajstić information content (AvgIpc) is 3.12. The largest absolute Gasteiger partial charge is 0.493 e. The maximum atomic E-state index is 12.2. The predicted octanol–water partition coefficient (Wildman–Crippen LogP) is 3.02. The molecule has 1 amide bonds. The van der Waals surface area contributed by atoms with Crippen molar-refractivity contribution in [1.82, 2.24) is 4.90 Å². The number of nitriles is 1. The Morgan fingerprint density at radius 2 is 2.04 bits per heavy atom. The Balaban J connectivity index is 1.58. The van der Waals surface area contributed by atoms with Crippen molar-refractivity contribution in [3.05, 3.63) is 40.3 Å². The summed E-state index contributed by atoms with van der Waals surface area (Å²) in [7, 11) is 3.28. The van der Waals surface area contributed by atoms with Gasteiger partial charge in [0, 0.05) is 26.1 Å². The molecular formula is C19H21N3O3S. The Morgan fingerprint density at radius 3 is 2.73 bits per heavy atom. The van der Waals surface area contributed by atoms with E-state index in [-0.39, 0.29) is 5.91 Å². The van der Waals surface area contributed by atoms with E-state index in [9.17, 15) is 4.79 Å². The van der Waals surface area contributed by atoms with E-state index in [1.807, 2.05) is 12.1 Å². The van der Waals surface area contributed by atoms with E-state index in [1.165, 1.54) is 22.5 Å². The van der Waals surface area contributed by atoms with Crippen molar-refractivity contribution in [3.8, 4) is 17.6 Å². The molecule has 136 valence electrons. The van der Waals surface area contributed by atoms with Gasteiger partial charge in [-0.2, -0.15) is 5.26 Å². The summed E-state index contributed by atoms with van der Waals surface area (Å²) < 4.78 is 10.7. The highest BCUT2D eigenvalue weighted by molar-refractivity contribution is 7.14. The van der Waals surface area contributed by atoms with E-state index in [2.05, 4.69) is 16.3 Å². The second-order valence-corrected chi connectivity index (χ2v) is 6.99. The number of nitrogens with one attached hydrogen (secondary N) is 1. The first kappa shape index (κ1) is 18.2. The molecule has 0 fully saturated rings.